The van der Waals surface area contributed by atoms with Crippen molar-refractivity contribution in [1.29, 1.82) is 0 Å². The molecule has 1 saturated carbocycles. The summed E-state index contributed by atoms with van der Waals surface area (Å²) < 4.78 is 1.22. The minimum Gasteiger partial charge on any atom is -0.356 e. The van der Waals surface area contributed by atoms with E-state index in [1.807, 2.05) is 7.05 Å². The molecule has 1 aromatic rings. The largest absolute Gasteiger partial charge is 0.356 e. The zero-order valence-corrected chi connectivity index (χ0v) is 20.4. The van der Waals surface area contributed by atoms with E-state index in [0.29, 0.717) is 0 Å². The van der Waals surface area contributed by atoms with Gasteiger partial charge in [0, 0.05) is 62.7 Å². The Balaban J connectivity index is 0.00000261. The second kappa shape index (κ2) is 11.0. The molecule has 0 unspecified atom stereocenters. The summed E-state index contributed by atoms with van der Waals surface area (Å²) in [6.07, 6.45) is 2.47. The molecule has 1 aliphatic heterocycles. The highest BCUT2D eigenvalue weighted by Gasteiger charge is 2.45. The Morgan fingerprint density at radius 3 is 2.37 bits per heavy atom. The second-order valence-corrected chi connectivity index (χ2v) is 8.24. The Kier molecular flexibility index (Phi) is 9.31. The van der Waals surface area contributed by atoms with Crippen molar-refractivity contribution in [2.45, 2.75) is 25.2 Å². The third kappa shape index (κ3) is 6.30. The predicted molar refractivity (Wildman–Crippen MR) is 128 cm³/mol. The van der Waals surface area contributed by atoms with E-state index in [2.05, 4.69) is 72.5 Å². The highest BCUT2D eigenvalue weighted by atomic mass is 127. The van der Waals surface area contributed by atoms with Gasteiger partial charge in [0.2, 0.25) is 0 Å². The van der Waals surface area contributed by atoms with Crippen LogP contribution in [0.25, 0.3) is 0 Å². The van der Waals surface area contributed by atoms with Crippen molar-refractivity contribution < 1.29 is 0 Å². The quantitative estimate of drug-likeness (QED) is 0.312. The monoisotopic (exact) mass is 549 g/mol. The lowest BCUT2D eigenvalue weighted by Crippen LogP contribution is -2.49. The maximum absolute atomic E-state index is 4.40. The zero-order chi connectivity index (χ0) is 18.4. The van der Waals surface area contributed by atoms with Crippen LogP contribution in [-0.4, -0.2) is 75.2 Å². The molecule has 27 heavy (non-hydrogen) atoms. The molecule has 0 atom stereocenters. The molecule has 2 fully saturated rings. The van der Waals surface area contributed by atoms with Gasteiger partial charge in [-0.3, -0.25) is 9.89 Å². The fourth-order valence-corrected chi connectivity index (χ4v) is 4.42. The van der Waals surface area contributed by atoms with E-state index in [1.165, 1.54) is 55.6 Å². The van der Waals surface area contributed by atoms with E-state index in [1.54, 1.807) is 0 Å². The van der Waals surface area contributed by atoms with Gasteiger partial charge in [0.15, 0.2) is 5.96 Å². The van der Waals surface area contributed by atoms with Crippen LogP contribution in [0.15, 0.2) is 33.7 Å². The van der Waals surface area contributed by atoms with Gasteiger partial charge in [-0.15, -0.1) is 24.0 Å². The van der Waals surface area contributed by atoms with Crippen molar-refractivity contribution in [1.82, 2.24) is 20.4 Å². The van der Waals surface area contributed by atoms with E-state index >= 15 is 0 Å². The van der Waals surface area contributed by atoms with Crippen LogP contribution in [0.1, 0.15) is 25.3 Å². The lowest BCUT2D eigenvalue weighted by atomic mass is 9.96. The van der Waals surface area contributed by atoms with E-state index < -0.39 is 0 Å². The van der Waals surface area contributed by atoms with Crippen molar-refractivity contribution in [2.24, 2.45) is 4.99 Å². The third-order valence-electron chi connectivity index (χ3n) is 5.75. The number of guanidine groups is 1. The van der Waals surface area contributed by atoms with Crippen molar-refractivity contribution >= 4 is 45.9 Å². The average molecular weight is 550 g/mol. The number of halogens is 2. The van der Waals surface area contributed by atoms with E-state index in [0.717, 1.165) is 25.6 Å². The van der Waals surface area contributed by atoms with Gasteiger partial charge in [-0.2, -0.15) is 0 Å². The van der Waals surface area contributed by atoms with Gasteiger partial charge in [-0.25, -0.2) is 0 Å². The molecular formula is C20H33BrIN5. The lowest BCUT2D eigenvalue weighted by Gasteiger charge is -2.34. The van der Waals surface area contributed by atoms with Crippen LogP contribution in [0.5, 0.6) is 0 Å². The van der Waals surface area contributed by atoms with E-state index in [-0.39, 0.29) is 29.4 Å². The lowest BCUT2D eigenvalue weighted by molar-refractivity contribution is 0.139. The summed E-state index contributed by atoms with van der Waals surface area (Å²) in [6.45, 7) is 11.1. The number of nitrogens with one attached hydrogen (secondary N) is 2. The fourth-order valence-electron chi connectivity index (χ4n) is 3.72. The van der Waals surface area contributed by atoms with Gasteiger partial charge in [-0.1, -0.05) is 41.1 Å². The van der Waals surface area contributed by atoms with Crippen LogP contribution in [0.4, 0.5) is 0 Å². The molecule has 1 aromatic carbocycles. The Labute approximate surface area is 189 Å². The Morgan fingerprint density at radius 2 is 1.78 bits per heavy atom. The van der Waals surface area contributed by atoms with Gasteiger partial charge < -0.3 is 15.5 Å². The number of rotatable bonds is 7. The standard InChI is InChI=1S/C20H32BrN5.HI/c1-3-25-12-14-26(15-13-25)11-10-23-19(22-2)24-16-20(8-9-20)17-6-4-5-7-18(17)21;/h4-7H,3,8-16H2,1-2H3,(H2,22,23,24);1H. The first-order valence-electron chi connectivity index (χ1n) is 9.81. The minimum atomic E-state index is 0. The summed E-state index contributed by atoms with van der Waals surface area (Å²) in [4.78, 5) is 9.45. The van der Waals surface area contributed by atoms with Gasteiger partial charge in [-0.05, 0) is 31.0 Å². The summed E-state index contributed by atoms with van der Waals surface area (Å²) in [7, 11) is 1.85. The molecule has 3 rings (SSSR count). The Bertz CT molecular complexity index is 612. The molecule has 7 heteroatoms. The van der Waals surface area contributed by atoms with Gasteiger partial charge in [0.05, 0.1) is 0 Å². The first kappa shape index (κ1) is 22.9. The molecule has 1 heterocycles. The van der Waals surface area contributed by atoms with Crippen molar-refractivity contribution in [3.8, 4) is 0 Å². The predicted octanol–water partition coefficient (Wildman–Crippen LogP) is 2.90. The van der Waals surface area contributed by atoms with Crippen LogP contribution in [0.2, 0.25) is 0 Å². The molecule has 0 amide bonds. The minimum absolute atomic E-state index is 0. The number of hydrogen-bond acceptors (Lipinski definition) is 3. The molecular weight excluding hydrogens is 517 g/mol. The summed E-state index contributed by atoms with van der Waals surface area (Å²) in [5, 5.41) is 7.02. The number of piperazine rings is 1. The van der Waals surface area contributed by atoms with E-state index in [9.17, 15) is 0 Å². The molecule has 1 saturated heterocycles. The molecule has 152 valence electrons. The molecule has 0 bridgehead atoms. The highest BCUT2D eigenvalue weighted by Crippen LogP contribution is 2.49. The topological polar surface area (TPSA) is 42.9 Å². The van der Waals surface area contributed by atoms with Crippen molar-refractivity contribution in [3.63, 3.8) is 0 Å². The Hall–Kier alpha value is -0.380. The highest BCUT2D eigenvalue weighted by molar-refractivity contribution is 14.0. The normalized spacial score (nSPS) is 20.0. The molecule has 1 aliphatic carbocycles. The number of likely N-dealkylation sites (N-methyl/N-ethyl adjacent to an activating group) is 1. The van der Waals surface area contributed by atoms with E-state index in [4.69, 9.17) is 0 Å². The molecule has 0 spiro atoms. The molecule has 5 nitrogen and oxygen atoms in total. The molecule has 0 aromatic heterocycles. The Morgan fingerprint density at radius 1 is 1.11 bits per heavy atom. The first-order chi connectivity index (χ1) is 12.7. The van der Waals surface area contributed by atoms with Crippen LogP contribution in [0, 0.1) is 0 Å². The third-order valence-corrected chi connectivity index (χ3v) is 6.44. The number of aliphatic imine (C=N–C) groups is 1. The zero-order valence-electron chi connectivity index (χ0n) is 16.5. The number of hydrogen-bond donors (Lipinski definition) is 2. The summed E-state index contributed by atoms with van der Waals surface area (Å²) in [5.74, 6) is 0.913. The number of nitrogens with zero attached hydrogens (tertiary/aromatic N) is 3. The molecule has 2 N–H and O–H groups in total. The maximum Gasteiger partial charge on any atom is 0.191 e. The SMILES string of the molecule is CCN1CCN(CCNC(=NC)NCC2(c3ccccc3Br)CC2)CC1.I. The summed E-state index contributed by atoms with van der Waals surface area (Å²) in [5.41, 5.74) is 1.67. The summed E-state index contributed by atoms with van der Waals surface area (Å²) in [6, 6.07) is 8.59. The van der Waals surface area contributed by atoms with Crippen LogP contribution in [0.3, 0.4) is 0 Å². The van der Waals surface area contributed by atoms with Crippen LogP contribution >= 0.6 is 39.9 Å². The van der Waals surface area contributed by atoms with Crippen molar-refractivity contribution in [2.75, 3.05) is 59.4 Å². The number of benzene rings is 1. The van der Waals surface area contributed by atoms with Gasteiger partial charge in [0.1, 0.15) is 0 Å². The second-order valence-electron chi connectivity index (χ2n) is 7.39. The first-order valence-corrected chi connectivity index (χ1v) is 10.6. The average Bonchev–Trinajstić information content (AvgIpc) is 3.46. The molecule has 2 aliphatic rings. The molecule has 0 radical (unpaired) electrons. The fraction of sp³-hybridized carbons (Fsp3) is 0.650. The van der Waals surface area contributed by atoms with Crippen molar-refractivity contribution in [3.05, 3.63) is 34.3 Å². The smallest absolute Gasteiger partial charge is 0.191 e. The van der Waals surface area contributed by atoms with Crippen LogP contribution in [-0.2, 0) is 5.41 Å². The van der Waals surface area contributed by atoms with Gasteiger partial charge in [0.25, 0.3) is 0 Å². The van der Waals surface area contributed by atoms with Gasteiger partial charge >= 0.3 is 0 Å². The summed E-state index contributed by atoms with van der Waals surface area (Å²) >= 11 is 3.71. The van der Waals surface area contributed by atoms with Crippen LogP contribution < -0.4 is 10.6 Å². The maximum atomic E-state index is 4.40.